The fourth-order valence-corrected chi connectivity index (χ4v) is 2.18. The molecule has 5 nitrogen and oxygen atoms in total. The number of rotatable bonds is 9. The lowest BCUT2D eigenvalue weighted by Gasteiger charge is -2.10. The number of amides is 1. The summed E-state index contributed by atoms with van der Waals surface area (Å²) >= 11 is 0. The van der Waals surface area contributed by atoms with E-state index in [1.54, 1.807) is 12.1 Å². The van der Waals surface area contributed by atoms with Crippen LogP contribution in [0.3, 0.4) is 0 Å². The second kappa shape index (κ2) is 10.0. The molecule has 0 atom stereocenters. The van der Waals surface area contributed by atoms with Crippen molar-refractivity contribution in [1.29, 1.82) is 0 Å². The monoisotopic (exact) mass is 338 g/mol. The quantitative estimate of drug-likeness (QED) is 0.485. The summed E-state index contributed by atoms with van der Waals surface area (Å²) in [5.41, 5.74) is 2.50. The highest BCUT2D eigenvalue weighted by atomic mass is 16.5. The maximum Gasteiger partial charge on any atom is 0.251 e. The van der Waals surface area contributed by atoms with Crippen molar-refractivity contribution in [1.82, 2.24) is 5.32 Å². The Bertz CT molecular complexity index is 720. The minimum absolute atomic E-state index is 0.0773. The number of aliphatic hydroxyl groups is 1. The second-order valence-corrected chi connectivity index (χ2v) is 5.36. The Morgan fingerprint density at radius 1 is 1.20 bits per heavy atom. The Kier molecular flexibility index (Phi) is 7.36. The third-order valence-electron chi connectivity index (χ3n) is 3.46. The topological polar surface area (TPSA) is 70.6 Å². The molecule has 0 fully saturated rings. The van der Waals surface area contributed by atoms with Gasteiger partial charge >= 0.3 is 0 Å². The van der Waals surface area contributed by atoms with Gasteiger partial charge in [-0.05, 0) is 35.9 Å². The number of carbonyl (C=O) groups excluding carboxylic acids is 1. The van der Waals surface area contributed by atoms with E-state index in [0.717, 1.165) is 17.0 Å². The van der Waals surface area contributed by atoms with E-state index in [1.807, 2.05) is 36.4 Å². The van der Waals surface area contributed by atoms with Gasteiger partial charge in [-0.1, -0.05) is 18.2 Å². The summed E-state index contributed by atoms with van der Waals surface area (Å²) in [7, 11) is 0. The summed E-state index contributed by atoms with van der Waals surface area (Å²) < 4.78 is 5.51. The van der Waals surface area contributed by atoms with Crippen molar-refractivity contribution in [3.63, 3.8) is 0 Å². The van der Waals surface area contributed by atoms with Crippen LogP contribution in [0.25, 0.3) is 0 Å². The lowest BCUT2D eigenvalue weighted by atomic mass is 10.1. The van der Waals surface area contributed by atoms with Gasteiger partial charge in [0.25, 0.3) is 5.91 Å². The number of ether oxygens (including phenoxy) is 1. The Morgan fingerprint density at radius 2 is 2.00 bits per heavy atom. The van der Waals surface area contributed by atoms with Crippen molar-refractivity contribution in [3.8, 4) is 18.1 Å². The summed E-state index contributed by atoms with van der Waals surface area (Å²) in [6.07, 6.45) is 5.78. The SMILES string of the molecule is C#CCCOc1ccc(CNc2cccc(C(=O)NCCO)c2)cc1. The molecule has 25 heavy (non-hydrogen) atoms. The number of carbonyl (C=O) groups is 1. The van der Waals surface area contributed by atoms with E-state index >= 15 is 0 Å². The van der Waals surface area contributed by atoms with Crippen LogP contribution in [0, 0.1) is 12.3 Å². The summed E-state index contributed by atoms with van der Waals surface area (Å²) in [6.45, 7) is 1.31. The van der Waals surface area contributed by atoms with Crippen LogP contribution in [0.5, 0.6) is 5.75 Å². The molecule has 0 saturated carbocycles. The van der Waals surface area contributed by atoms with Crippen LogP contribution in [0.2, 0.25) is 0 Å². The Hall–Kier alpha value is -2.97. The molecule has 0 unspecified atom stereocenters. The van der Waals surface area contributed by atoms with Crippen molar-refractivity contribution in [2.45, 2.75) is 13.0 Å². The molecule has 0 radical (unpaired) electrons. The molecule has 5 heteroatoms. The van der Waals surface area contributed by atoms with Gasteiger partial charge in [0.2, 0.25) is 0 Å². The van der Waals surface area contributed by atoms with E-state index in [-0.39, 0.29) is 19.1 Å². The zero-order chi connectivity index (χ0) is 17.9. The summed E-state index contributed by atoms with van der Waals surface area (Å²) in [5.74, 6) is 3.13. The van der Waals surface area contributed by atoms with Crippen molar-refractivity contribution < 1.29 is 14.6 Å². The average Bonchev–Trinajstić information content (AvgIpc) is 2.66. The molecular formula is C20H22N2O3. The predicted molar refractivity (Wildman–Crippen MR) is 98.6 cm³/mol. The zero-order valence-electron chi connectivity index (χ0n) is 14.0. The van der Waals surface area contributed by atoms with Gasteiger partial charge in [-0.3, -0.25) is 4.79 Å². The minimum atomic E-state index is -0.203. The number of nitrogens with one attached hydrogen (secondary N) is 2. The number of hydrogen-bond acceptors (Lipinski definition) is 4. The first-order valence-electron chi connectivity index (χ1n) is 8.11. The first-order valence-corrected chi connectivity index (χ1v) is 8.11. The first kappa shape index (κ1) is 18.4. The van der Waals surface area contributed by atoms with Gasteiger partial charge in [-0.25, -0.2) is 0 Å². The van der Waals surface area contributed by atoms with E-state index in [2.05, 4.69) is 16.6 Å². The van der Waals surface area contributed by atoms with Gasteiger partial charge in [-0.2, -0.15) is 0 Å². The molecule has 0 saturated heterocycles. The molecule has 0 spiro atoms. The van der Waals surface area contributed by atoms with Crippen LogP contribution in [0.1, 0.15) is 22.3 Å². The lowest BCUT2D eigenvalue weighted by molar-refractivity contribution is 0.0945. The molecule has 0 aliphatic heterocycles. The molecule has 0 aromatic heterocycles. The predicted octanol–water partition coefficient (Wildman–Crippen LogP) is 2.42. The molecular weight excluding hydrogens is 316 g/mol. The van der Waals surface area contributed by atoms with Crippen LogP contribution < -0.4 is 15.4 Å². The molecule has 2 rings (SSSR count). The third-order valence-corrected chi connectivity index (χ3v) is 3.46. The Labute approximate surface area is 148 Å². The highest BCUT2D eigenvalue weighted by Crippen LogP contribution is 2.15. The van der Waals surface area contributed by atoms with Crippen molar-refractivity contribution >= 4 is 11.6 Å². The largest absolute Gasteiger partial charge is 0.493 e. The van der Waals surface area contributed by atoms with Gasteiger partial charge < -0.3 is 20.5 Å². The van der Waals surface area contributed by atoms with E-state index in [1.165, 1.54) is 0 Å². The zero-order valence-corrected chi connectivity index (χ0v) is 14.0. The first-order chi connectivity index (χ1) is 12.2. The smallest absolute Gasteiger partial charge is 0.251 e. The number of hydrogen-bond donors (Lipinski definition) is 3. The van der Waals surface area contributed by atoms with E-state index in [4.69, 9.17) is 16.3 Å². The highest BCUT2D eigenvalue weighted by molar-refractivity contribution is 5.95. The standard InChI is InChI=1S/C20H22N2O3/c1-2-3-13-25-19-9-7-16(8-10-19)15-22-18-6-4-5-17(14-18)20(24)21-11-12-23/h1,4-10,14,22-23H,3,11-13,15H2,(H,21,24). The van der Waals surface area contributed by atoms with E-state index in [0.29, 0.717) is 25.1 Å². The van der Waals surface area contributed by atoms with E-state index < -0.39 is 0 Å². The maximum atomic E-state index is 11.9. The highest BCUT2D eigenvalue weighted by Gasteiger charge is 2.05. The summed E-state index contributed by atoms with van der Waals surface area (Å²) in [6, 6.07) is 15.0. The molecule has 0 heterocycles. The fourth-order valence-electron chi connectivity index (χ4n) is 2.18. The number of benzene rings is 2. The Morgan fingerprint density at radius 3 is 2.72 bits per heavy atom. The number of terminal acetylenes is 1. The van der Waals surface area contributed by atoms with Crippen LogP contribution in [-0.4, -0.2) is 30.8 Å². The molecule has 0 bridgehead atoms. The van der Waals surface area contributed by atoms with Gasteiger partial charge in [0.1, 0.15) is 5.75 Å². The van der Waals surface area contributed by atoms with Crippen LogP contribution in [0.15, 0.2) is 48.5 Å². The van der Waals surface area contributed by atoms with E-state index in [9.17, 15) is 4.79 Å². The molecule has 1 amide bonds. The molecule has 130 valence electrons. The van der Waals surface area contributed by atoms with Gasteiger partial charge in [0.15, 0.2) is 0 Å². The fraction of sp³-hybridized carbons (Fsp3) is 0.250. The second-order valence-electron chi connectivity index (χ2n) is 5.36. The van der Waals surface area contributed by atoms with Crippen molar-refractivity contribution in [2.75, 3.05) is 25.1 Å². The van der Waals surface area contributed by atoms with Crippen molar-refractivity contribution in [2.24, 2.45) is 0 Å². The molecule has 3 N–H and O–H groups in total. The molecule has 0 aliphatic rings. The minimum Gasteiger partial charge on any atom is -0.493 e. The van der Waals surface area contributed by atoms with Gasteiger partial charge in [0, 0.05) is 30.8 Å². The normalized spacial score (nSPS) is 9.92. The number of anilines is 1. The molecule has 0 aliphatic carbocycles. The third kappa shape index (κ3) is 6.21. The van der Waals surface area contributed by atoms with Crippen LogP contribution >= 0.6 is 0 Å². The maximum absolute atomic E-state index is 11.9. The molecule has 2 aromatic carbocycles. The Balaban J connectivity index is 1.88. The molecule has 2 aromatic rings. The van der Waals surface area contributed by atoms with Crippen molar-refractivity contribution in [3.05, 3.63) is 59.7 Å². The summed E-state index contributed by atoms with van der Waals surface area (Å²) in [5, 5.41) is 14.7. The van der Waals surface area contributed by atoms with Crippen LogP contribution in [0.4, 0.5) is 5.69 Å². The lowest BCUT2D eigenvalue weighted by Crippen LogP contribution is -2.26. The van der Waals surface area contributed by atoms with Gasteiger partial charge in [-0.15, -0.1) is 12.3 Å². The number of aliphatic hydroxyl groups excluding tert-OH is 1. The van der Waals surface area contributed by atoms with Gasteiger partial charge in [0.05, 0.1) is 13.2 Å². The van der Waals surface area contributed by atoms with Crippen LogP contribution in [-0.2, 0) is 6.54 Å². The average molecular weight is 338 g/mol. The summed E-state index contributed by atoms with van der Waals surface area (Å²) in [4.78, 5) is 11.9.